The van der Waals surface area contributed by atoms with Crippen molar-refractivity contribution in [3.63, 3.8) is 0 Å². The molecule has 100 valence electrons. The summed E-state index contributed by atoms with van der Waals surface area (Å²) in [7, 11) is 0. The molecule has 1 saturated heterocycles. The predicted molar refractivity (Wildman–Crippen MR) is 74.4 cm³/mol. The van der Waals surface area contributed by atoms with Crippen LogP contribution < -0.4 is 10.6 Å². The van der Waals surface area contributed by atoms with Crippen LogP contribution in [0.1, 0.15) is 32.3 Å². The molecular formula is C15H23FN2. The van der Waals surface area contributed by atoms with E-state index >= 15 is 0 Å². The van der Waals surface area contributed by atoms with Crippen LogP contribution in [0, 0.1) is 11.2 Å². The lowest BCUT2D eigenvalue weighted by Crippen LogP contribution is -2.40. The fourth-order valence-electron chi connectivity index (χ4n) is 2.76. The van der Waals surface area contributed by atoms with E-state index in [9.17, 15) is 4.39 Å². The van der Waals surface area contributed by atoms with Gasteiger partial charge in [-0.2, -0.15) is 0 Å². The number of benzene rings is 1. The van der Waals surface area contributed by atoms with E-state index in [4.69, 9.17) is 5.73 Å². The van der Waals surface area contributed by atoms with Crippen molar-refractivity contribution in [1.82, 2.24) is 0 Å². The summed E-state index contributed by atoms with van der Waals surface area (Å²) < 4.78 is 14.1. The third-order valence-corrected chi connectivity index (χ3v) is 3.69. The molecule has 2 nitrogen and oxygen atoms in total. The average Bonchev–Trinajstić information content (AvgIpc) is 2.28. The number of rotatable bonds is 3. The summed E-state index contributed by atoms with van der Waals surface area (Å²) in [4.78, 5) is 2.17. The minimum atomic E-state index is -0.112. The van der Waals surface area contributed by atoms with E-state index < -0.39 is 0 Å². The first kappa shape index (κ1) is 13.3. The summed E-state index contributed by atoms with van der Waals surface area (Å²) in [6, 6.07) is 5.53. The third-order valence-electron chi connectivity index (χ3n) is 3.69. The number of anilines is 1. The van der Waals surface area contributed by atoms with Gasteiger partial charge in [-0.25, -0.2) is 4.39 Å². The highest BCUT2D eigenvalue weighted by Gasteiger charge is 2.27. The molecule has 1 aliphatic heterocycles. The van der Waals surface area contributed by atoms with E-state index in [2.05, 4.69) is 18.7 Å². The molecule has 1 heterocycles. The first-order valence-electron chi connectivity index (χ1n) is 6.75. The van der Waals surface area contributed by atoms with E-state index in [1.165, 1.54) is 6.42 Å². The molecule has 0 radical (unpaired) electrons. The van der Waals surface area contributed by atoms with Gasteiger partial charge in [-0.15, -0.1) is 0 Å². The maximum absolute atomic E-state index is 14.1. The zero-order valence-corrected chi connectivity index (χ0v) is 11.4. The van der Waals surface area contributed by atoms with Crippen LogP contribution in [0.5, 0.6) is 0 Å². The van der Waals surface area contributed by atoms with Crippen LogP contribution in [0.25, 0.3) is 0 Å². The summed E-state index contributed by atoms with van der Waals surface area (Å²) >= 11 is 0. The zero-order chi connectivity index (χ0) is 13.2. The summed E-state index contributed by atoms with van der Waals surface area (Å²) in [5, 5.41) is 0. The van der Waals surface area contributed by atoms with Crippen LogP contribution in [0.15, 0.2) is 18.2 Å². The third kappa shape index (κ3) is 3.02. The maximum Gasteiger partial charge on any atom is 0.146 e. The van der Waals surface area contributed by atoms with Gasteiger partial charge in [-0.1, -0.05) is 19.9 Å². The van der Waals surface area contributed by atoms with Crippen LogP contribution in [-0.2, 0) is 6.42 Å². The molecule has 0 unspecified atom stereocenters. The average molecular weight is 250 g/mol. The number of piperidine rings is 1. The van der Waals surface area contributed by atoms with Crippen LogP contribution in [-0.4, -0.2) is 19.6 Å². The predicted octanol–water partition coefficient (Wildman–Crippen LogP) is 2.95. The van der Waals surface area contributed by atoms with Crippen LogP contribution in [0.2, 0.25) is 0 Å². The van der Waals surface area contributed by atoms with Gasteiger partial charge in [-0.05, 0) is 48.9 Å². The molecule has 3 heteroatoms. The van der Waals surface area contributed by atoms with Crippen molar-refractivity contribution in [2.24, 2.45) is 11.1 Å². The molecule has 0 aliphatic carbocycles. The Balaban J connectivity index is 2.18. The van der Waals surface area contributed by atoms with Gasteiger partial charge in [0.1, 0.15) is 5.82 Å². The Morgan fingerprint density at radius 2 is 2.17 bits per heavy atom. The molecule has 0 saturated carbocycles. The topological polar surface area (TPSA) is 29.3 Å². The minimum absolute atomic E-state index is 0.112. The molecule has 1 aromatic carbocycles. The lowest BCUT2D eigenvalue weighted by Gasteiger charge is -2.39. The van der Waals surface area contributed by atoms with Crippen molar-refractivity contribution in [1.29, 1.82) is 0 Å². The molecule has 0 amide bonds. The van der Waals surface area contributed by atoms with E-state index in [0.29, 0.717) is 6.54 Å². The normalized spacial score (nSPS) is 19.0. The first-order chi connectivity index (χ1) is 8.52. The molecule has 1 aliphatic rings. The lowest BCUT2D eigenvalue weighted by atomic mass is 9.84. The first-order valence-corrected chi connectivity index (χ1v) is 6.75. The van der Waals surface area contributed by atoms with Gasteiger partial charge in [0.15, 0.2) is 0 Å². The molecule has 0 bridgehead atoms. The minimum Gasteiger partial charge on any atom is -0.369 e. The van der Waals surface area contributed by atoms with E-state index in [0.717, 1.165) is 37.2 Å². The number of nitrogens with zero attached hydrogens (tertiary/aromatic N) is 1. The summed E-state index contributed by atoms with van der Waals surface area (Å²) in [5.41, 5.74) is 7.49. The van der Waals surface area contributed by atoms with Crippen LogP contribution >= 0.6 is 0 Å². The molecule has 18 heavy (non-hydrogen) atoms. The molecule has 0 aromatic heterocycles. The number of hydrogen-bond acceptors (Lipinski definition) is 2. The highest BCUT2D eigenvalue weighted by atomic mass is 19.1. The van der Waals surface area contributed by atoms with E-state index in [1.54, 1.807) is 6.07 Å². The zero-order valence-electron chi connectivity index (χ0n) is 11.4. The van der Waals surface area contributed by atoms with Gasteiger partial charge in [0, 0.05) is 13.1 Å². The van der Waals surface area contributed by atoms with E-state index in [1.807, 2.05) is 12.1 Å². The van der Waals surface area contributed by atoms with Gasteiger partial charge >= 0.3 is 0 Å². The van der Waals surface area contributed by atoms with Crippen molar-refractivity contribution in [2.75, 3.05) is 24.5 Å². The quantitative estimate of drug-likeness (QED) is 0.893. The molecule has 2 rings (SSSR count). The summed E-state index contributed by atoms with van der Waals surface area (Å²) in [6.07, 6.45) is 3.09. The number of hydrogen-bond donors (Lipinski definition) is 1. The maximum atomic E-state index is 14.1. The van der Waals surface area contributed by atoms with Gasteiger partial charge < -0.3 is 10.6 Å². The van der Waals surface area contributed by atoms with Gasteiger partial charge in [0.05, 0.1) is 5.69 Å². The number of halogens is 1. The Morgan fingerprint density at radius 3 is 2.78 bits per heavy atom. The largest absolute Gasteiger partial charge is 0.369 e. The highest BCUT2D eigenvalue weighted by molar-refractivity contribution is 5.50. The standard InChI is InChI=1S/C15H23FN2/c1-15(2)7-3-9-18(11-15)14-5-4-12(6-8-17)10-13(14)16/h4-5,10H,3,6-9,11,17H2,1-2H3. The lowest BCUT2D eigenvalue weighted by molar-refractivity contribution is 0.292. The van der Waals surface area contributed by atoms with Crippen molar-refractivity contribution >= 4 is 5.69 Å². The second kappa shape index (κ2) is 5.27. The molecule has 1 aromatic rings. The monoisotopic (exact) mass is 250 g/mol. The van der Waals surface area contributed by atoms with Gasteiger partial charge in [-0.3, -0.25) is 0 Å². The molecule has 2 N–H and O–H groups in total. The smallest absolute Gasteiger partial charge is 0.146 e. The van der Waals surface area contributed by atoms with Gasteiger partial charge in [0.25, 0.3) is 0 Å². The molecule has 0 spiro atoms. The molecule has 1 fully saturated rings. The highest BCUT2D eigenvalue weighted by Crippen LogP contribution is 2.32. The Bertz CT molecular complexity index is 415. The van der Waals surface area contributed by atoms with Gasteiger partial charge in [0.2, 0.25) is 0 Å². The summed E-state index contributed by atoms with van der Waals surface area (Å²) in [6.45, 7) is 6.95. The Kier molecular flexibility index (Phi) is 3.91. The fraction of sp³-hybridized carbons (Fsp3) is 0.600. The van der Waals surface area contributed by atoms with Crippen molar-refractivity contribution in [3.05, 3.63) is 29.6 Å². The summed E-state index contributed by atoms with van der Waals surface area (Å²) in [5.74, 6) is -0.112. The SMILES string of the molecule is CC1(C)CCCN(c2ccc(CCN)cc2F)C1. The van der Waals surface area contributed by atoms with Crippen LogP contribution in [0.3, 0.4) is 0 Å². The van der Waals surface area contributed by atoms with Crippen molar-refractivity contribution in [2.45, 2.75) is 33.1 Å². The Hall–Kier alpha value is -1.09. The molecule has 0 atom stereocenters. The Labute approximate surface area is 109 Å². The second-order valence-electron chi connectivity index (χ2n) is 6.01. The number of nitrogens with two attached hydrogens (primary N) is 1. The van der Waals surface area contributed by atoms with Crippen LogP contribution in [0.4, 0.5) is 10.1 Å². The second-order valence-corrected chi connectivity index (χ2v) is 6.01. The van der Waals surface area contributed by atoms with Crippen molar-refractivity contribution < 1.29 is 4.39 Å². The Morgan fingerprint density at radius 1 is 1.39 bits per heavy atom. The van der Waals surface area contributed by atoms with Crippen molar-refractivity contribution in [3.8, 4) is 0 Å². The molecular weight excluding hydrogens is 227 g/mol. The fourth-order valence-corrected chi connectivity index (χ4v) is 2.76. The van der Waals surface area contributed by atoms with E-state index in [-0.39, 0.29) is 11.2 Å².